The number of amides is 1. The van der Waals surface area contributed by atoms with Crippen molar-refractivity contribution in [3.63, 3.8) is 0 Å². The van der Waals surface area contributed by atoms with Crippen LogP contribution in [-0.4, -0.2) is 67.9 Å². The fourth-order valence-corrected chi connectivity index (χ4v) is 4.56. The third kappa shape index (κ3) is 5.78. The molecule has 0 bridgehead atoms. The van der Waals surface area contributed by atoms with E-state index in [1.165, 1.54) is 12.1 Å². The number of benzene rings is 2. The van der Waals surface area contributed by atoms with Gasteiger partial charge in [0.1, 0.15) is 17.4 Å². The topological polar surface area (TPSA) is 48.4 Å². The minimum absolute atomic E-state index is 0.0480. The van der Waals surface area contributed by atoms with E-state index in [0.29, 0.717) is 44.0 Å². The summed E-state index contributed by atoms with van der Waals surface area (Å²) in [6, 6.07) is 11.3. The second-order valence-corrected chi connectivity index (χ2v) is 8.64. The molecule has 1 amide bonds. The molecule has 2 aromatic rings. The van der Waals surface area contributed by atoms with Crippen LogP contribution in [-0.2, 0) is 4.79 Å². The Labute approximate surface area is 203 Å². The zero-order valence-corrected chi connectivity index (χ0v) is 19.8. The Bertz CT molecular complexity index is 1050. The quantitative estimate of drug-likeness (QED) is 0.303. The number of halogens is 2. The lowest BCUT2D eigenvalue weighted by Gasteiger charge is -2.36. The Hall–Kier alpha value is -2.87. The highest BCUT2D eigenvalue weighted by Gasteiger charge is 2.33. The Morgan fingerprint density at radius 2 is 1.79 bits per heavy atom. The van der Waals surface area contributed by atoms with E-state index in [2.05, 4.69) is 27.3 Å². The van der Waals surface area contributed by atoms with Crippen molar-refractivity contribution in [2.75, 3.05) is 55.6 Å². The molecule has 2 aliphatic rings. The molecule has 4 rings (SSSR count). The van der Waals surface area contributed by atoms with Crippen LogP contribution in [0.1, 0.15) is 19.3 Å². The second kappa shape index (κ2) is 11.5. The molecule has 0 aliphatic carbocycles. The van der Waals surface area contributed by atoms with Crippen molar-refractivity contribution in [1.29, 1.82) is 0 Å². The summed E-state index contributed by atoms with van der Waals surface area (Å²) < 4.78 is 33.1. The first-order valence-corrected chi connectivity index (χ1v) is 12.0. The molecule has 6 nitrogen and oxygen atoms in total. The molecule has 34 heavy (non-hydrogen) atoms. The number of isothiocyanates is 1. The number of anilines is 2. The highest BCUT2D eigenvalue weighted by atomic mass is 32.1. The van der Waals surface area contributed by atoms with Gasteiger partial charge in [0, 0.05) is 45.2 Å². The van der Waals surface area contributed by atoms with E-state index in [1.54, 1.807) is 0 Å². The van der Waals surface area contributed by atoms with E-state index in [0.717, 1.165) is 44.2 Å². The van der Waals surface area contributed by atoms with Crippen molar-refractivity contribution in [3.8, 4) is 5.75 Å². The summed E-state index contributed by atoms with van der Waals surface area (Å²) in [5.74, 6) is -0.414. The average Bonchev–Trinajstić information content (AvgIpc) is 2.84. The van der Waals surface area contributed by atoms with Crippen LogP contribution in [0.25, 0.3) is 0 Å². The highest BCUT2D eigenvalue weighted by molar-refractivity contribution is 7.78. The number of thiocarbonyl (C=S) groups is 1. The first kappa shape index (κ1) is 24.3. The lowest BCUT2D eigenvalue weighted by atomic mass is 10.1. The van der Waals surface area contributed by atoms with Crippen molar-refractivity contribution in [1.82, 2.24) is 4.90 Å². The van der Waals surface area contributed by atoms with Crippen LogP contribution in [0, 0.1) is 11.6 Å². The SMILES string of the molecule is O=C1C(CCN=C=S)Oc2ccccc2N1CCCCN1CCN(c2ccc(F)cc2F)CC1. The number of aliphatic imine (C=N–C) groups is 1. The molecule has 0 spiro atoms. The van der Waals surface area contributed by atoms with Crippen LogP contribution in [0.3, 0.4) is 0 Å². The predicted molar refractivity (Wildman–Crippen MR) is 132 cm³/mol. The molecule has 0 N–H and O–H groups in total. The first-order chi connectivity index (χ1) is 16.6. The molecular formula is C25H28F2N4O2S. The lowest BCUT2D eigenvalue weighted by molar-refractivity contribution is -0.126. The standard InChI is InChI=1S/C25H28F2N4O2S/c26-19-7-8-21(20(27)17-19)30-15-13-29(14-16-30)11-3-4-12-31-22-5-1-2-6-23(22)33-24(25(31)32)9-10-28-18-34/h1-2,5-8,17,24H,3-4,9-16H2. The van der Waals surface area contributed by atoms with Crippen LogP contribution in [0.2, 0.25) is 0 Å². The highest BCUT2D eigenvalue weighted by Crippen LogP contribution is 2.34. The normalized spacial score (nSPS) is 18.3. The average molecular weight is 487 g/mol. The third-order valence-corrected chi connectivity index (χ3v) is 6.39. The summed E-state index contributed by atoms with van der Waals surface area (Å²) in [5.41, 5.74) is 1.26. The largest absolute Gasteiger partial charge is 0.478 e. The Morgan fingerprint density at radius 3 is 2.56 bits per heavy atom. The maximum Gasteiger partial charge on any atom is 0.268 e. The zero-order chi connectivity index (χ0) is 23.9. The first-order valence-electron chi connectivity index (χ1n) is 11.6. The summed E-state index contributed by atoms with van der Waals surface area (Å²) >= 11 is 4.61. The number of hydrogen-bond donors (Lipinski definition) is 0. The monoisotopic (exact) mass is 486 g/mol. The molecule has 2 aliphatic heterocycles. The molecule has 1 unspecified atom stereocenters. The van der Waals surface area contributed by atoms with Crippen molar-refractivity contribution < 1.29 is 18.3 Å². The van der Waals surface area contributed by atoms with Gasteiger partial charge in [-0.3, -0.25) is 9.69 Å². The van der Waals surface area contributed by atoms with Gasteiger partial charge in [0.2, 0.25) is 0 Å². The minimum Gasteiger partial charge on any atom is -0.478 e. The minimum atomic E-state index is -0.568. The van der Waals surface area contributed by atoms with Crippen LogP contribution < -0.4 is 14.5 Å². The number of para-hydroxylation sites is 2. The Morgan fingerprint density at radius 1 is 1.03 bits per heavy atom. The van der Waals surface area contributed by atoms with Gasteiger partial charge in [0.15, 0.2) is 6.10 Å². The van der Waals surface area contributed by atoms with E-state index >= 15 is 0 Å². The van der Waals surface area contributed by atoms with Crippen molar-refractivity contribution in [3.05, 3.63) is 54.1 Å². The van der Waals surface area contributed by atoms with Gasteiger partial charge in [-0.1, -0.05) is 12.1 Å². The fourth-order valence-electron chi connectivity index (χ4n) is 4.47. The Kier molecular flexibility index (Phi) is 8.21. The van der Waals surface area contributed by atoms with E-state index < -0.39 is 17.7 Å². The number of hydrogen-bond acceptors (Lipinski definition) is 6. The molecule has 0 radical (unpaired) electrons. The van der Waals surface area contributed by atoms with Gasteiger partial charge in [0.25, 0.3) is 5.91 Å². The van der Waals surface area contributed by atoms with E-state index in [4.69, 9.17) is 4.74 Å². The number of ether oxygens (including phenoxy) is 1. The number of unbranched alkanes of at least 4 members (excludes halogenated alkanes) is 1. The van der Waals surface area contributed by atoms with Gasteiger partial charge >= 0.3 is 0 Å². The summed E-state index contributed by atoms with van der Waals surface area (Å²) in [5, 5.41) is 2.33. The van der Waals surface area contributed by atoms with Crippen LogP contribution >= 0.6 is 12.2 Å². The zero-order valence-electron chi connectivity index (χ0n) is 19.0. The van der Waals surface area contributed by atoms with Gasteiger partial charge in [-0.05, 0) is 55.9 Å². The molecule has 9 heteroatoms. The van der Waals surface area contributed by atoms with Gasteiger partial charge in [-0.15, -0.1) is 0 Å². The fraction of sp³-hybridized carbons (Fsp3) is 0.440. The molecule has 1 saturated heterocycles. The van der Waals surface area contributed by atoms with Crippen LogP contribution in [0.4, 0.5) is 20.2 Å². The number of rotatable bonds is 9. The van der Waals surface area contributed by atoms with Gasteiger partial charge in [0.05, 0.1) is 23.1 Å². The van der Waals surface area contributed by atoms with E-state index in [9.17, 15) is 13.6 Å². The smallest absolute Gasteiger partial charge is 0.268 e. The molecule has 1 fully saturated rings. The molecule has 2 heterocycles. The number of piperazine rings is 1. The second-order valence-electron chi connectivity index (χ2n) is 8.46. The molecular weight excluding hydrogens is 458 g/mol. The lowest BCUT2D eigenvalue weighted by Crippen LogP contribution is -2.47. The predicted octanol–water partition coefficient (Wildman–Crippen LogP) is 4.15. The molecule has 2 aromatic carbocycles. The number of nitrogens with zero attached hydrogens (tertiary/aromatic N) is 4. The summed E-state index contributed by atoms with van der Waals surface area (Å²) in [6.07, 6.45) is 1.70. The van der Waals surface area contributed by atoms with Gasteiger partial charge in [-0.2, -0.15) is 0 Å². The number of carbonyl (C=O) groups excluding carboxylic acids is 1. The van der Waals surface area contributed by atoms with Crippen LogP contribution in [0.5, 0.6) is 5.75 Å². The summed E-state index contributed by atoms with van der Waals surface area (Å²) in [4.78, 5) is 23.1. The molecule has 0 aromatic heterocycles. The molecule has 180 valence electrons. The molecule has 0 saturated carbocycles. The van der Waals surface area contributed by atoms with Gasteiger partial charge in [-0.25, -0.2) is 13.8 Å². The summed E-state index contributed by atoms with van der Waals surface area (Å²) in [7, 11) is 0. The summed E-state index contributed by atoms with van der Waals surface area (Å²) in [6.45, 7) is 4.97. The molecule has 1 atom stereocenters. The van der Waals surface area contributed by atoms with Crippen LogP contribution in [0.15, 0.2) is 47.5 Å². The maximum absolute atomic E-state index is 14.1. The number of carbonyl (C=O) groups is 1. The van der Waals surface area contributed by atoms with Crippen molar-refractivity contribution in [2.45, 2.75) is 25.4 Å². The van der Waals surface area contributed by atoms with Crippen molar-refractivity contribution >= 4 is 34.7 Å². The van der Waals surface area contributed by atoms with Crippen molar-refractivity contribution in [2.24, 2.45) is 4.99 Å². The third-order valence-electron chi connectivity index (χ3n) is 6.26. The van der Waals surface area contributed by atoms with E-state index in [-0.39, 0.29) is 5.91 Å². The van der Waals surface area contributed by atoms with E-state index in [1.807, 2.05) is 34.1 Å². The Balaban J connectivity index is 1.26. The number of fused-ring (bicyclic) bond motifs is 1. The maximum atomic E-state index is 14.1. The van der Waals surface area contributed by atoms with Gasteiger partial charge < -0.3 is 14.5 Å².